The standard InChI is InChI=1S/C21H16N2O4/c1-13-7-9-14(10-8-13)23-18(15-5-2-3-11-22-15)17(20(25)21(23)26)19(24)16-6-4-12-27-16/h2-12,18,25H,1H3. The van der Waals surface area contributed by atoms with E-state index in [9.17, 15) is 14.7 Å². The number of aromatic nitrogens is 1. The Hall–Kier alpha value is -3.67. The maximum absolute atomic E-state index is 13.0. The summed E-state index contributed by atoms with van der Waals surface area (Å²) >= 11 is 0. The summed E-state index contributed by atoms with van der Waals surface area (Å²) < 4.78 is 5.19. The highest BCUT2D eigenvalue weighted by Crippen LogP contribution is 2.41. The molecule has 0 bridgehead atoms. The minimum absolute atomic E-state index is 0.0470. The number of furan rings is 1. The molecule has 1 atom stereocenters. The fourth-order valence-electron chi connectivity index (χ4n) is 3.17. The van der Waals surface area contributed by atoms with Gasteiger partial charge >= 0.3 is 0 Å². The van der Waals surface area contributed by atoms with Gasteiger partial charge in [-0.05, 0) is 43.3 Å². The topological polar surface area (TPSA) is 83.6 Å². The van der Waals surface area contributed by atoms with Gasteiger partial charge in [-0.25, -0.2) is 0 Å². The number of ketones is 1. The third-order valence-electron chi connectivity index (χ3n) is 4.48. The number of rotatable bonds is 4. The third-order valence-corrected chi connectivity index (χ3v) is 4.48. The highest BCUT2D eigenvalue weighted by molar-refractivity contribution is 6.20. The van der Waals surface area contributed by atoms with Crippen LogP contribution in [0.4, 0.5) is 5.69 Å². The lowest BCUT2D eigenvalue weighted by Crippen LogP contribution is -2.31. The zero-order valence-corrected chi connectivity index (χ0v) is 14.5. The number of anilines is 1. The molecular formula is C21H16N2O4. The van der Waals surface area contributed by atoms with E-state index in [1.807, 2.05) is 19.1 Å². The predicted octanol–water partition coefficient (Wildman–Crippen LogP) is 3.77. The van der Waals surface area contributed by atoms with E-state index in [1.54, 1.807) is 42.6 Å². The highest BCUT2D eigenvalue weighted by Gasteiger charge is 2.45. The Morgan fingerprint density at radius 3 is 2.52 bits per heavy atom. The SMILES string of the molecule is Cc1ccc(N2C(=O)C(O)=C(C(=O)c3ccco3)C2c2ccccn2)cc1. The van der Waals surface area contributed by atoms with E-state index >= 15 is 0 Å². The van der Waals surface area contributed by atoms with Crippen LogP contribution in [0, 0.1) is 6.92 Å². The first-order valence-electron chi connectivity index (χ1n) is 8.40. The largest absolute Gasteiger partial charge is 0.503 e. The predicted molar refractivity (Wildman–Crippen MR) is 98.3 cm³/mol. The molecule has 0 spiro atoms. The lowest BCUT2D eigenvalue weighted by molar-refractivity contribution is -0.117. The summed E-state index contributed by atoms with van der Waals surface area (Å²) in [5, 5.41) is 10.5. The van der Waals surface area contributed by atoms with Crippen molar-refractivity contribution in [3.05, 3.63) is 95.4 Å². The van der Waals surface area contributed by atoms with Gasteiger partial charge in [0.2, 0.25) is 5.78 Å². The first-order chi connectivity index (χ1) is 13.1. The van der Waals surface area contributed by atoms with E-state index in [1.165, 1.54) is 17.2 Å². The summed E-state index contributed by atoms with van der Waals surface area (Å²) in [6, 6.07) is 14.7. The van der Waals surface area contributed by atoms with E-state index in [0.29, 0.717) is 11.4 Å². The van der Waals surface area contributed by atoms with Crippen molar-refractivity contribution in [2.45, 2.75) is 13.0 Å². The number of hydrogen-bond donors (Lipinski definition) is 1. The average Bonchev–Trinajstić information content (AvgIpc) is 3.31. The Kier molecular flexibility index (Phi) is 4.08. The molecule has 0 saturated heterocycles. The molecule has 1 unspecified atom stereocenters. The fraction of sp³-hybridized carbons (Fsp3) is 0.0952. The van der Waals surface area contributed by atoms with Crippen molar-refractivity contribution in [1.29, 1.82) is 0 Å². The van der Waals surface area contributed by atoms with Crippen LogP contribution in [0.1, 0.15) is 27.9 Å². The van der Waals surface area contributed by atoms with E-state index in [-0.39, 0.29) is 11.3 Å². The number of hydrogen-bond acceptors (Lipinski definition) is 5. The van der Waals surface area contributed by atoms with Gasteiger partial charge in [0, 0.05) is 11.9 Å². The average molecular weight is 360 g/mol. The van der Waals surface area contributed by atoms with Gasteiger partial charge in [-0.2, -0.15) is 0 Å². The van der Waals surface area contributed by atoms with Gasteiger partial charge in [0.1, 0.15) is 6.04 Å². The quantitative estimate of drug-likeness (QED) is 0.716. The zero-order valence-electron chi connectivity index (χ0n) is 14.5. The Morgan fingerprint density at radius 1 is 1.11 bits per heavy atom. The second-order valence-corrected chi connectivity index (χ2v) is 6.24. The van der Waals surface area contributed by atoms with Crippen LogP contribution in [0.2, 0.25) is 0 Å². The summed E-state index contributed by atoms with van der Waals surface area (Å²) in [4.78, 5) is 31.5. The number of carbonyl (C=O) groups is 2. The number of pyridine rings is 1. The number of amides is 1. The summed E-state index contributed by atoms with van der Waals surface area (Å²) in [6.45, 7) is 1.94. The lowest BCUT2D eigenvalue weighted by Gasteiger charge is -2.26. The Labute approximate surface area is 155 Å². The molecule has 0 fully saturated rings. The van der Waals surface area contributed by atoms with Crippen LogP contribution in [0.5, 0.6) is 0 Å². The zero-order chi connectivity index (χ0) is 19.0. The van der Waals surface area contributed by atoms with Crippen molar-refractivity contribution in [2.75, 3.05) is 4.90 Å². The minimum Gasteiger partial charge on any atom is -0.503 e. The number of aryl methyl sites for hydroxylation is 1. The van der Waals surface area contributed by atoms with Crippen LogP contribution in [-0.4, -0.2) is 21.8 Å². The van der Waals surface area contributed by atoms with Crippen LogP contribution in [0.15, 0.2) is 82.8 Å². The number of aliphatic hydroxyl groups is 1. The lowest BCUT2D eigenvalue weighted by atomic mass is 9.98. The van der Waals surface area contributed by atoms with Crippen LogP contribution < -0.4 is 4.90 Å². The first-order valence-corrected chi connectivity index (χ1v) is 8.40. The van der Waals surface area contributed by atoms with Crippen molar-refractivity contribution in [3.63, 3.8) is 0 Å². The number of carbonyl (C=O) groups excluding carboxylic acids is 2. The Bertz CT molecular complexity index is 1020. The van der Waals surface area contributed by atoms with Crippen LogP contribution in [-0.2, 0) is 4.79 Å². The molecule has 134 valence electrons. The number of aliphatic hydroxyl groups excluding tert-OH is 1. The van der Waals surface area contributed by atoms with Gasteiger partial charge in [-0.1, -0.05) is 23.8 Å². The number of benzene rings is 1. The molecule has 1 aliphatic heterocycles. The molecule has 2 aromatic heterocycles. The number of Topliss-reactive ketones (excluding diaryl/α,β-unsaturated/α-hetero) is 1. The van der Waals surface area contributed by atoms with Crippen molar-refractivity contribution in [2.24, 2.45) is 0 Å². The molecule has 27 heavy (non-hydrogen) atoms. The smallest absolute Gasteiger partial charge is 0.294 e. The molecule has 1 aromatic carbocycles. The molecule has 3 heterocycles. The first kappa shape index (κ1) is 16.8. The molecule has 1 N–H and O–H groups in total. The van der Waals surface area contributed by atoms with Crippen LogP contribution >= 0.6 is 0 Å². The molecule has 6 nitrogen and oxygen atoms in total. The van der Waals surface area contributed by atoms with Gasteiger partial charge in [-0.15, -0.1) is 0 Å². The Morgan fingerprint density at radius 2 is 1.89 bits per heavy atom. The monoisotopic (exact) mass is 360 g/mol. The number of nitrogens with zero attached hydrogens (tertiary/aromatic N) is 2. The normalized spacial score (nSPS) is 16.9. The van der Waals surface area contributed by atoms with Crippen molar-refractivity contribution >= 4 is 17.4 Å². The molecular weight excluding hydrogens is 344 g/mol. The van der Waals surface area contributed by atoms with E-state index in [0.717, 1.165) is 5.56 Å². The van der Waals surface area contributed by atoms with Gasteiger partial charge < -0.3 is 9.52 Å². The summed E-state index contributed by atoms with van der Waals surface area (Å²) in [5.41, 5.74) is 2.03. The third kappa shape index (κ3) is 2.81. The summed E-state index contributed by atoms with van der Waals surface area (Å²) in [5.74, 6) is -1.73. The van der Waals surface area contributed by atoms with Gasteiger partial charge in [0.15, 0.2) is 11.5 Å². The van der Waals surface area contributed by atoms with Gasteiger partial charge in [0.25, 0.3) is 5.91 Å². The van der Waals surface area contributed by atoms with Crippen molar-refractivity contribution < 1.29 is 19.1 Å². The van der Waals surface area contributed by atoms with E-state index in [4.69, 9.17) is 4.42 Å². The van der Waals surface area contributed by atoms with Crippen LogP contribution in [0.25, 0.3) is 0 Å². The molecule has 0 aliphatic carbocycles. The fourth-order valence-corrected chi connectivity index (χ4v) is 3.17. The minimum atomic E-state index is -0.848. The van der Waals surface area contributed by atoms with Crippen LogP contribution in [0.3, 0.4) is 0 Å². The second-order valence-electron chi connectivity index (χ2n) is 6.24. The van der Waals surface area contributed by atoms with E-state index < -0.39 is 23.5 Å². The maximum atomic E-state index is 13.0. The summed E-state index contributed by atoms with van der Waals surface area (Å²) in [7, 11) is 0. The molecule has 6 heteroatoms. The van der Waals surface area contributed by atoms with Crippen molar-refractivity contribution in [3.8, 4) is 0 Å². The maximum Gasteiger partial charge on any atom is 0.294 e. The molecule has 3 aromatic rings. The van der Waals surface area contributed by atoms with Gasteiger partial charge in [0.05, 0.1) is 17.5 Å². The highest BCUT2D eigenvalue weighted by atomic mass is 16.3. The second kappa shape index (κ2) is 6.57. The molecule has 0 radical (unpaired) electrons. The molecule has 1 amide bonds. The van der Waals surface area contributed by atoms with Gasteiger partial charge in [-0.3, -0.25) is 19.5 Å². The van der Waals surface area contributed by atoms with E-state index in [2.05, 4.69) is 4.98 Å². The Balaban J connectivity index is 1.87. The van der Waals surface area contributed by atoms with Crippen molar-refractivity contribution in [1.82, 2.24) is 4.98 Å². The summed E-state index contributed by atoms with van der Waals surface area (Å²) in [6.07, 6.45) is 2.95. The molecule has 0 saturated carbocycles. The molecule has 1 aliphatic rings. The molecule has 4 rings (SSSR count).